The number of anilines is 4. The summed E-state index contributed by atoms with van der Waals surface area (Å²) in [4.78, 5) is 28.1. The fraction of sp³-hybridized carbons (Fsp3) is 0.385. The number of carbonyl (C=O) groups excluding carboxylic acids is 1. The van der Waals surface area contributed by atoms with Crippen LogP contribution in [0.4, 0.5) is 28.7 Å². The van der Waals surface area contributed by atoms with Crippen molar-refractivity contribution in [3.8, 4) is 0 Å². The molecule has 0 unspecified atom stereocenters. The van der Waals surface area contributed by atoms with Crippen LogP contribution in [0.2, 0.25) is 0 Å². The summed E-state index contributed by atoms with van der Waals surface area (Å²) in [6, 6.07) is 12.5. The lowest BCUT2D eigenvalue weighted by Gasteiger charge is -2.38. The lowest BCUT2D eigenvalue weighted by atomic mass is 10.0. The molecule has 5 N–H and O–H groups in total. The number of aromatic amines is 1. The third-order valence-electron chi connectivity index (χ3n) is 6.66. The number of benzene rings is 2. The van der Waals surface area contributed by atoms with Crippen molar-refractivity contribution in [2.45, 2.75) is 40.3 Å². The molecule has 4 rings (SSSR count). The van der Waals surface area contributed by atoms with Gasteiger partial charge in [-0.25, -0.2) is 0 Å². The van der Waals surface area contributed by atoms with Gasteiger partial charge in [-0.15, -0.1) is 4.91 Å². The Morgan fingerprint density at radius 3 is 2.31 bits per heavy atom. The van der Waals surface area contributed by atoms with Crippen molar-refractivity contribution >= 4 is 34.6 Å². The van der Waals surface area contributed by atoms with Gasteiger partial charge >= 0.3 is 0 Å². The molecule has 0 aliphatic carbocycles. The van der Waals surface area contributed by atoms with Gasteiger partial charge in [0.1, 0.15) is 17.1 Å². The van der Waals surface area contributed by atoms with Crippen LogP contribution >= 0.6 is 0 Å². The summed E-state index contributed by atoms with van der Waals surface area (Å²) in [5.74, 6) is 0.190. The summed E-state index contributed by atoms with van der Waals surface area (Å²) in [5.41, 5.74) is 10.9. The van der Waals surface area contributed by atoms with Crippen LogP contribution < -0.4 is 21.3 Å². The fourth-order valence-electron chi connectivity index (χ4n) is 4.67. The summed E-state index contributed by atoms with van der Waals surface area (Å²) in [7, 11) is 0. The monoisotopic (exact) mass is 490 g/mol. The van der Waals surface area contributed by atoms with E-state index in [4.69, 9.17) is 5.73 Å². The predicted octanol–water partition coefficient (Wildman–Crippen LogP) is 4.41. The van der Waals surface area contributed by atoms with Gasteiger partial charge < -0.3 is 21.3 Å². The van der Waals surface area contributed by atoms with E-state index in [1.165, 1.54) is 5.69 Å². The van der Waals surface area contributed by atoms with Gasteiger partial charge in [-0.2, -0.15) is 5.10 Å². The van der Waals surface area contributed by atoms with Crippen molar-refractivity contribution in [3.05, 3.63) is 63.6 Å². The number of nitrogens with one attached hydrogen (secondary N) is 3. The maximum Gasteiger partial charge on any atom is 0.256 e. The molecule has 3 aromatic rings. The van der Waals surface area contributed by atoms with Crippen molar-refractivity contribution in [2.24, 2.45) is 10.9 Å². The molecule has 1 fully saturated rings. The van der Waals surface area contributed by atoms with E-state index in [0.29, 0.717) is 29.9 Å². The molecule has 10 nitrogen and oxygen atoms in total. The molecule has 36 heavy (non-hydrogen) atoms. The quantitative estimate of drug-likeness (QED) is 0.327. The Balaban J connectivity index is 1.43. The van der Waals surface area contributed by atoms with Gasteiger partial charge in [-0.3, -0.25) is 14.8 Å². The van der Waals surface area contributed by atoms with Crippen molar-refractivity contribution in [1.82, 2.24) is 15.1 Å². The Labute approximate surface area is 211 Å². The highest BCUT2D eigenvalue weighted by molar-refractivity contribution is 6.03. The van der Waals surface area contributed by atoms with Crippen LogP contribution in [0.5, 0.6) is 0 Å². The van der Waals surface area contributed by atoms with Crippen molar-refractivity contribution in [1.29, 1.82) is 0 Å². The number of nitrogens with zero attached hydrogens (tertiary/aromatic N) is 4. The van der Waals surface area contributed by atoms with E-state index >= 15 is 0 Å². The van der Waals surface area contributed by atoms with E-state index in [1.807, 2.05) is 38.1 Å². The van der Waals surface area contributed by atoms with Crippen LogP contribution in [0.1, 0.15) is 40.9 Å². The molecule has 0 bridgehead atoms. The largest absolute Gasteiger partial charge is 0.369 e. The molecule has 1 aliphatic heterocycles. The number of primary amides is 1. The van der Waals surface area contributed by atoms with Crippen LogP contribution in [-0.4, -0.2) is 53.2 Å². The van der Waals surface area contributed by atoms with Crippen LogP contribution in [0.25, 0.3) is 0 Å². The fourth-order valence-corrected chi connectivity index (χ4v) is 4.67. The molecule has 0 spiro atoms. The Morgan fingerprint density at radius 2 is 1.75 bits per heavy atom. The second kappa shape index (κ2) is 10.8. The Bertz CT molecular complexity index is 1200. The van der Waals surface area contributed by atoms with Crippen LogP contribution in [0, 0.1) is 18.8 Å². The first kappa shape index (κ1) is 25.2. The molecule has 0 radical (unpaired) electrons. The number of hydrogen-bond acceptors (Lipinski definition) is 8. The molecule has 0 atom stereocenters. The number of nitroso groups, excluding NO2 is 1. The first-order valence-electron chi connectivity index (χ1n) is 12.2. The summed E-state index contributed by atoms with van der Waals surface area (Å²) in [6.07, 6.45) is 0. The second-order valence-electron chi connectivity index (χ2n) is 9.50. The number of piperazine rings is 1. The third-order valence-corrected chi connectivity index (χ3v) is 6.66. The Hall–Kier alpha value is -3.92. The number of aryl methyl sites for hydroxylation is 2. The average Bonchev–Trinajstić information content (AvgIpc) is 3.26. The van der Waals surface area contributed by atoms with Gasteiger partial charge in [-0.1, -0.05) is 12.1 Å². The second-order valence-corrected chi connectivity index (χ2v) is 9.50. The summed E-state index contributed by atoms with van der Waals surface area (Å²) < 4.78 is 0. The number of hydrogen-bond donors (Lipinski definition) is 4. The Morgan fingerprint density at radius 1 is 1.11 bits per heavy atom. The normalized spacial score (nSPS) is 14.2. The summed E-state index contributed by atoms with van der Waals surface area (Å²) in [6.45, 7) is 12.7. The zero-order valence-corrected chi connectivity index (χ0v) is 21.3. The molecule has 1 amide bonds. The standard InChI is InChI=1S/C26H34N8O2/c1-16(2)33-9-11-34(12-10-33)21-7-5-20(6-8-21)29-26-22(24(27)35)25(30-31-26)28-15-19-13-17(3)23(32-36)18(4)14-19/h5-8,13-14,16H,9-12,15H2,1-4H3,(H2,27,35)(H3,28,29,30,31). The topological polar surface area (TPSA) is 132 Å². The summed E-state index contributed by atoms with van der Waals surface area (Å²) in [5, 5.41) is 16.6. The molecule has 1 saturated heterocycles. The molecule has 2 heterocycles. The maximum atomic E-state index is 12.3. The first-order valence-corrected chi connectivity index (χ1v) is 12.2. The van der Waals surface area contributed by atoms with Crippen LogP contribution in [-0.2, 0) is 6.54 Å². The minimum absolute atomic E-state index is 0.253. The van der Waals surface area contributed by atoms with Crippen LogP contribution in [0.3, 0.4) is 0 Å². The molecular formula is C26H34N8O2. The maximum absolute atomic E-state index is 12.3. The number of H-pyrrole nitrogens is 1. The zero-order valence-electron chi connectivity index (χ0n) is 21.3. The van der Waals surface area contributed by atoms with Crippen molar-refractivity contribution in [2.75, 3.05) is 41.7 Å². The number of nitrogens with two attached hydrogens (primary N) is 1. The number of aromatic nitrogens is 2. The third kappa shape index (κ3) is 5.49. The minimum Gasteiger partial charge on any atom is -0.369 e. The smallest absolute Gasteiger partial charge is 0.256 e. The highest BCUT2D eigenvalue weighted by Gasteiger charge is 2.21. The molecule has 1 aliphatic rings. The van der Waals surface area contributed by atoms with Gasteiger partial charge in [0.2, 0.25) is 0 Å². The van der Waals surface area contributed by atoms with Gasteiger partial charge in [0.05, 0.1) is 0 Å². The summed E-state index contributed by atoms with van der Waals surface area (Å²) >= 11 is 0. The van der Waals surface area contributed by atoms with Crippen LogP contribution in [0.15, 0.2) is 41.6 Å². The number of amides is 1. The number of carbonyl (C=O) groups is 1. The Kier molecular flexibility index (Phi) is 7.54. The first-order chi connectivity index (χ1) is 17.3. The van der Waals surface area contributed by atoms with Gasteiger partial charge in [0.15, 0.2) is 5.82 Å². The minimum atomic E-state index is -0.596. The lowest BCUT2D eigenvalue weighted by Crippen LogP contribution is -2.48. The van der Waals surface area contributed by atoms with Gasteiger partial charge in [-0.05, 0) is 73.8 Å². The SMILES string of the molecule is Cc1cc(CNc2[nH]nc(Nc3ccc(N4CCN(C(C)C)CC4)cc3)c2C(N)=O)cc(C)c1N=O. The highest BCUT2D eigenvalue weighted by Crippen LogP contribution is 2.28. The number of rotatable bonds is 9. The lowest BCUT2D eigenvalue weighted by molar-refractivity contribution is 0.100. The van der Waals surface area contributed by atoms with E-state index in [9.17, 15) is 9.70 Å². The molecule has 190 valence electrons. The van der Waals surface area contributed by atoms with Crippen molar-refractivity contribution in [3.63, 3.8) is 0 Å². The molecule has 1 aromatic heterocycles. The predicted molar refractivity (Wildman–Crippen MR) is 144 cm³/mol. The van der Waals surface area contributed by atoms with E-state index in [-0.39, 0.29) is 5.56 Å². The van der Waals surface area contributed by atoms with E-state index < -0.39 is 5.91 Å². The van der Waals surface area contributed by atoms with E-state index in [1.54, 1.807) is 0 Å². The molecule has 2 aromatic carbocycles. The molecule has 0 saturated carbocycles. The van der Waals surface area contributed by atoms with E-state index in [0.717, 1.165) is 48.6 Å². The molecule has 10 heteroatoms. The molecular weight excluding hydrogens is 456 g/mol. The van der Waals surface area contributed by atoms with Crippen molar-refractivity contribution < 1.29 is 4.79 Å². The van der Waals surface area contributed by atoms with Gasteiger partial charge in [0.25, 0.3) is 5.91 Å². The van der Waals surface area contributed by atoms with E-state index in [2.05, 4.69) is 61.8 Å². The highest BCUT2D eigenvalue weighted by atomic mass is 16.3. The zero-order chi connectivity index (χ0) is 25.8. The average molecular weight is 491 g/mol. The van der Waals surface area contributed by atoms with Gasteiger partial charge in [0, 0.05) is 50.1 Å².